The van der Waals surface area contributed by atoms with Crippen molar-refractivity contribution >= 4 is 23.2 Å². The van der Waals surface area contributed by atoms with E-state index in [1.54, 1.807) is 23.0 Å². The van der Waals surface area contributed by atoms with Gasteiger partial charge in [0.05, 0.1) is 34.4 Å². The van der Waals surface area contributed by atoms with Crippen LogP contribution in [0, 0.1) is 12.8 Å². The molecule has 4 heterocycles. The number of rotatable bonds is 7. The first kappa shape index (κ1) is 23.8. The normalized spacial score (nSPS) is 18.9. The molecular formula is C23H27N5O5S. The average molecular weight is 486 g/mol. The van der Waals surface area contributed by atoms with Gasteiger partial charge in [0.15, 0.2) is 5.76 Å². The molecule has 34 heavy (non-hydrogen) atoms. The molecule has 0 radical (unpaired) electrons. The van der Waals surface area contributed by atoms with E-state index in [1.165, 1.54) is 11.0 Å². The zero-order valence-corrected chi connectivity index (χ0v) is 20.0. The largest absolute Gasteiger partial charge is 0.391 e. The molecule has 0 spiro atoms. The molecule has 4 rings (SSSR count). The molecule has 2 amide bonds. The van der Waals surface area contributed by atoms with E-state index in [4.69, 9.17) is 4.52 Å². The van der Waals surface area contributed by atoms with Crippen molar-refractivity contribution in [2.75, 3.05) is 6.54 Å². The van der Waals surface area contributed by atoms with E-state index in [1.807, 2.05) is 32.9 Å². The van der Waals surface area contributed by atoms with Crippen molar-refractivity contribution in [1.29, 1.82) is 0 Å². The van der Waals surface area contributed by atoms with Crippen LogP contribution in [0.3, 0.4) is 0 Å². The molecule has 3 unspecified atom stereocenters. The van der Waals surface area contributed by atoms with Crippen molar-refractivity contribution < 1.29 is 19.2 Å². The summed E-state index contributed by atoms with van der Waals surface area (Å²) in [5.41, 5.74) is 3.92. The lowest BCUT2D eigenvalue weighted by molar-refractivity contribution is -0.141. The van der Waals surface area contributed by atoms with E-state index in [2.05, 4.69) is 20.4 Å². The van der Waals surface area contributed by atoms with Crippen LogP contribution in [0.1, 0.15) is 43.3 Å². The maximum Gasteiger partial charge on any atom is 0.280 e. The molecule has 180 valence electrons. The summed E-state index contributed by atoms with van der Waals surface area (Å²) >= 11 is 1.54. The maximum absolute atomic E-state index is 13.4. The highest BCUT2D eigenvalue weighted by molar-refractivity contribution is 7.13. The Bertz CT molecular complexity index is 1210. The second-order valence-electron chi connectivity index (χ2n) is 8.76. The van der Waals surface area contributed by atoms with E-state index >= 15 is 0 Å². The molecular weight excluding hydrogens is 458 g/mol. The third-order valence-corrected chi connectivity index (χ3v) is 6.90. The summed E-state index contributed by atoms with van der Waals surface area (Å²) in [6, 6.07) is 4.19. The first-order chi connectivity index (χ1) is 16.2. The number of hydrogen-bond acceptors (Lipinski definition) is 8. The topological polar surface area (TPSA) is 141 Å². The molecule has 10 nitrogen and oxygen atoms in total. The zero-order chi connectivity index (χ0) is 24.4. The van der Waals surface area contributed by atoms with Gasteiger partial charge in [-0.25, -0.2) is 4.98 Å². The van der Waals surface area contributed by atoms with E-state index in [9.17, 15) is 19.5 Å². The summed E-state index contributed by atoms with van der Waals surface area (Å²) in [4.78, 5) is 49.0. The number of amides is 2. The lowest BCUT2D eigenvalue weighted by Gasteiger charge is -2.28. The number of aromatic amines is 1. The molecule has 0 saturated carbocycles. The van der Waals surface area contributed by atoms with Crippen molar-refractivity contribution in [3.63, 3.8) is 0 Å². The minimum absolute atomic E-state index is 0.0376. The number of H-pyrrole nitrogens is 1. The van der Waals surface area contributed by atoms with Crippen LogP contribution in [-0.4, -0.2) is 55.6 Å². The highest BCUT2D eigenvalue weighted by atomic mass is 32.1. The van der Waals surface area contributed by atoms with Gasteiger partial charge >= 0.3 is 0 Å². The van der Waals surface area contributed by atoms with E-state index in [0.29, 0.717) is 5.69 Å². The summed E-state index contributed by atoms with van der Waals surface area (Å²) in [6.07, 6.45) is 1.07. The molecule has 1 aliphatic heterocycles. The number of aromatic nitrogens is 3. The van der Waals surface area contributed by atoms with Gasteiger partial charge in [-0.3, -0.25) is 19.4 Å². The van der Waals surface area contributed by atoms with Crippen LogP contribution in [0.2, 0.25) is 0 Å². The Morgan fingerprint density at radius 2 is 2.15 bits per heavy atom. The lowest BCUT2D eigenvalue weighted by atomic mass is 9.91. The number of likely N-dealkylation sites (tertiary alicyclic amines) is 1. The Hall–Kier alpha value is -3.31. The van der Waals surface area contributed by atoms with Gasteiger partial charge in [0.2, 0.25) is 11.8 Å². The maximum atomic E-state index is 13.4. The van der Waals surface area contributed by atoms with Gasteiger partial charge in [0, 0.05) is 30.8 Å². The first-order valence-electron chi connectivity index (χ1n) is 11.0. The molecule has 3 aromatic rings. The molecule has 3 atom stereocenters. The van der Waals surface area contributed by atoms with Crippen molar-refractivity contribution in [2.24, 2.45) is 5.92 Å². The average Bonchev–Trinajstić information content (AvgIpc) is 3.52. The number of hydrogen-bond donors (Lipinski definition) is 3. The Balaban J connectivity index is 1.44. The molecule has 0 aliphatic carbocycles. The highest BCUT2D eigenvalue weighted by Crippen LogP contribution is 2.30. The molecule has 1 saturated heterocycles. The Morgan fingerprint density at radius 1 is 1.35 bits per heavy atom. The predicted molar refractivity (Wildman–Crippen MR) is 125 cm³/mol. The van der Waals surface area contributed by atoms with Crippen LogP contribution in [0.25, 0.3) is 10.4 Å². The van der Waals surface area contributed by atoms with Crippen molar-refractivity contribution in [3.8, 4) is 10.4 Å². The smallest absolute Gasteiger partial charge is 0.280 e. The van der Waals surface area contributed by atoms with Gasteiger partial charge in [-0.2, -0.15) is 5.16 Å². The number of carbonyl (C=O) groups excluding carboxylic acids is 2. The third kappa shape index (κ3) is 4.95. The van der Waals surface area contributed by atoms with Crippen molar-refractivity contribution in [2.45, 2.75) is 51.8 Å². The van der Waals surface area contributed by atoms with Gasteiger partial charge in [0.25, 0.3) is 5.56 Å². The molecule has 0 aromatic carbocycles. The molecule has 1 aliphatic rings. The minimum Gasteiger partial charge on any atom is -0.391 e. The molecule has 1 fully saturated rings. The summed E-state index contributed by atoms with van der Waals surface area (Å²) in [5, 5.41) is 15.3. The zero-order valence-electron chi connectivity index (χ0n) is 19.1. The number of carbonyl (C=O) groups is 2. The molecule has 11 heteroatoms. The number of nitrogens with zero attached hydrogens (tertiary/aromatic N) is 3. The summed E-state index contributed by atoms with van der Waals surface area (Å²) < 4.78 is 5.18. The number of β-amino-alcohol motifs (C(OH)–C–C–N with tert-alkyl or cyclic N) is 1. The molecule has 3 N–H and O–H groups in total. The van der Waals surface area contributed by atoms with Crippen LogP contribution in [0.4, 0.5) is 0 Å². The van der Waals surface area contributed by atoms with Crippen LogP contribution in [0.15, 0.2) is 39.2 Å². The predicted octanol–water partition coefficient (Wildman–Crippen LogP) is 1.81. The minimum atomic E-state index is -0.825. The second-order valence-corrected chi connectivity index (χ2v) is 9.61. The van der Waals surface area contributed by atoms with Gasteiger partial charge in [0.1, 0.15) is 12.0 Å². The summed E-state index contributed by atoms with van der Waals surface area (Å²) in [7, 11) is 0. The first-order valence-corrected chi connectivity index (χ1v) is 11.9. The Morgan fingerprint density at radius 3 is 2.74 bits per heavy atom. The van der Waals surface area contributed by atoms with Crippen molar-refractivity contribution in [1.82, 2.24) is 25.3 Å². The quantitative estimate of drug-likeness (QED) is 0.463. The Labute approximate surface area is 200 Å². The van der Waals surface area contributed by atoms with Crippen LogP contribution in [0.5, 0.6) is 0 Å². The number of aliphatic hydroxyl groups excluding tert-OH is 1. The summed E-state index contributed by atoms with van der Waals surface area (Å²) in [5.74, 6) is -1.45. The van der Waals surface area contributed by atoms with Gasteiger partial charge < -0.3 is 19.8 Å². The van der Waals surface area contributed by atoms with Gasteiger partial charge in [-0.15, -0.1) is 11.3 Å². The van der Waals surface area contributed by atoms with Gasteiger partial charge in [-0.05, 0) is 18.9 Å². The number of pyridine rings is 1. The monoisotopic (exact) mass is 485 g/mol. The van der Waals surface area contributed by atoms with E-state index in [0.717, 1.165) is 16.1 Å². The molecule has 0 bridgehead atoms. The van der Waals surface area contributed by atoms with Crippen molar-refractivity contribution in [3.05, 3.63) is 57.4 Å². The Kier molecular flexibility index (Phi) is 6.94. The third-order valence-electron chi connectivity index (χ3n) is 5.92. The lowest BCUT2D eigenvalue weighted by Crippen LogP contribution is -2.48. The number of aryl methyl sites for hydroxylation is 1. The molecule has 3 aromatic heterocycles. The number of thiazole rings is 1. The number of aliphatic hydroxyl groups is 1. The SMILES string of the molecule is Cc1ncsc1-c1ccc(CNC(=O)C2CC(O)CN2C(=O)C(c2cc(=O)[nH]o2)C(C)C)nc1. The van der Waals surface area contributed by atoms with Crippen LogP contribution < -0.4 is 10.9 Å². The van der Waals surface area contributed by atoms with E-state index in [-0.39, 0.29) is 43.0 Å². The van der Waals surface area contributed by atoms with Crippen LogP contribution in [-0.2, 0) is 16.1 Å². The van der Waals surface area contributed by atoms with Gasteiger partial charge in [-0.1, -0.05) is 19.9 Å². The van der Waals surface area contributed by atoms with Crippen LogP contribution >= 0.6 is 11.3 Å². The standard InChI is InChI=1S/C23H27N5O5S/c1-12(2)20(18-7-19(30)27-33-18)23(32)28-10-16(29)6-17(28)22(31)25-9-15-5-4-14(8-24-15)21-13(3)26-11-34-21/h4-5,7-8,11-12,16-17,20,29H,6,9-10H2,1-3H3,(H,25,31)(H,27,30). The fraction of sp³-hybridized carbons (Fsp3) is 0.435. The highest BCUT2D eigenvalue weighted by Gasteiger charge is 2.43. The fourth-order valence-corrected chi connectivity index (χ4v) is 5.00. The fourth-order valence-electron chi connectivity index (χ4n) is 4.21. The number of nitrogens with one attached hydrogen (secondary N) is 2. The second kappa shape index (κ2) is 9.90. The van der Waals surface area contributed by atoms with E-state index < -0.39 is 23.6 Å². The summed E-state index contributed by atoms with van der Waals surface area (Å²) in [6.45, 7) is 5.84.